The highest BCUT2D eigenvalue weighted by Gasteiger charge is 2.27. The van der Waals surface area contributed by atoms with Gasteiger partial charge in [0.25, 0.3) is 5.91 Å². The lowest BCUT2D eigenvalue weighted by atomic mass is 10.0. The molecule has 6 heteroatoms. The second-order valence-corrected chi connectivity index (χ2v) is 8.45. The molecule has 0 aliphatic carbocycles. The minimum atomic E-state index is -0.376. The molecule has 1 atom stereocenters. The minimum Gasteiger partial charge on any atom is -0.365 e. The highest BCUT2D eigenvalue weighted by molar-refractivity contribution is 7.14. The van der Waals surface area contributed by atoms with Gasteiger partial charge in [-0.05, 0) is 63.4 Å². The van der Waals surface area contributed by atoms with Crippen molar-refractivity contribution in [3.05, 3.63) is 50.7 Å². The first-order valence-corrected chi connectivity index (χ1v) is 10.2. The fraction of sp³-hybridized carbons (Fsp3) is 0.429. The van der Waals surface area contributed by atoms with Crippen molar-refractivity contribution in [2.75, 3.05) is 18.4 Å². The summed E-state index contributed by atoms with van der Waals surface area (Å²) in [5.74, 6) is -0.335. The van der Waals surface area contributed by atoms with Gasteiger partial charge in [-0.25, -0.2) is 0 Å². The molecule has 0 unspecified atom stereocenters. The van der Waals surface area contributed by atoms with Crippen LogP contribution in [0.15, 0.2) is 24.3 Å². The number of nitrogens with zero attached hydrogens (tertiary/aromatic N) is 1. The Hall–Kier alpha value is -2.18. The van der Waals surface area contributed by atoms with E-state index in [1.54, 1.807) is 6.07 Å². The molecule has 1 aliphatic rings. The molecule has 0 spiro atoms. The van der Waals surface area contributed by atoms with Crippen molar-refractivity contribution in [1.29, 1.82) is 0 Å². The Morgan fingerprint density at radius 3 is 2.56 bits per heavy atom. The zero-order valence-corrected chi connectivity index (χ0v) is 17.0. The Labute approximate surface area is 164 Å². The number of nitrogens with two attached hydrogens (primary N) is 1. The number of hydrogen-bond donors (Lipinski definition) is 2. The SMILES string of the molecule is Cc1cc(C)c(NC(=O)CCN2CCC[C@H]2c2ccc(C(N)=O)s2)c(C)c1. The smallest absolute Gasteiger partial charge is 0.258 e. The van der Waals surface area contributed by atoms with Crippen LogP contribution in [-0.4, -0.2) is 29.8 Å². The zero-order valence-electron chi connectivity index (χ0n) is 16.2. The Bertz CT molecular complexity index is 836. The maximum absolute atomic E-state index is 12.5. The number of carbonyl (C=O) groups is 2. The van der Waals surface area contributed by atoms with Gasteiger partial charge in [0.1, 0.15) is 0 Å². The zero-order chi connectivity index (χ0) is 19.6. The standard InChI is InChI=1S/C21H27N3O2S/c1-13-11-14(2)20(15(3)12-13)23-19(25)8-10-24-9-4-5-16(24)17-6-7-18(27-17)21(22)26/h6-7,11-12,16H,4-5,8-10H2,1-3H3,(H2,22,26)(H,23,25)/t16-/m0/s1. The number of thiophene rings is 1. The van der Waals surface area contributed by atoms with E-state index >= 15 is 0 Å². The van der Waals surface area contributed by atoms with E-state index in [-0.39, 0.29) is 17.9 Å². The number of primary amides is 1. The maximum atomic E-state index is 12.5. The Balaban J connectivity index is 1.60. The quantitative estimate of drug-likeness (QED) is 0.791. The molecule has 0 bridgehead atoms. The first-order chi connectivity index (χ1) is 12.8. The summed E-state index contributed by atoms with van der Waals surface area (Å²) in [6.07, 6.45) is 2.61. The van der Waals surface area contributed by atoms with E-state index in [2.05, 4.69) is 29.3 Å². The lowest BCUT2D eigenvalue weighted by Crippen LogP contribution is -2.27. The number of hydrogen-bond acceptors (Lipinski definition) is 4. The fourth-order valence-corrected chi connectivity index (χ4v) is 4.93. The van der Waals surface area contributed by atoms with Gasteiger partial charge >= 0.3 is 0 Å². The van der Waals surface area contributed by atoms with E-state index in [4.69, 9.17) is 5.73 Å². The average molecular weight is 386 g/mol. The molecule has 2 aromatic rings. The van der Waals surface area contributed by atoms with E-state index in [0.717, 1.165) is 41.1 Å². The molecule has 3 N–H and O–H groups in total. The number of aryl methyl sites for hydroxylation is 3. The number of rotatable bonds is 6. The summed E-state index contributed by atoms with van der Waals surface area (Å²) in [5.41, 5.74) is 9.69. The van der Waals surface area contributed by atoms with Gasteiger partial charge in [-0.15, -0.1) is 11.3 Å². The molecule has 1 saturated heterocycles. The second-order valence-electron chi connectivity index (χ2n) is 7.33. The monoisotopic (exact) mass is 385 g/mol. The maximum Gasteiger partial charge on any atom is 0.258 e. The van der Waals surface area contributed by atoms with Crippen molar-refractivity contribution in [3.8, 4) is 0 Å². The summed E-state index contributed by atoms with van der Waals surface area (Å²) in [4.78, 5) is 27.9. The van der Waals surface area contributed by atoms with Crippen LogP contribution in [0.4, 0.5) is 5.69 Å². The fourth-order valence-electron chi connectivity index (χ4n) is 3.90. The van der Waals surface area contributed by atoms with E-state index in [1.807, 2.05) is 19.9 Å². The predicted octanol–water partition coefficient (Wildman–Crippen LogP) is 3.94. The molecule has 2 amide bonds. The lowest BCUT2D eigenvalue weighted by Gasteiger charge is -2.23. The van der Waals surface area contributed by atoms with Crippen molar-refractivity contribution in [3.63, 3.8) is 0 Å². The van der Waals surface area contributed by atoms with Crippen LogP contribution in [0.25, 0.3) is 0 Å². The van der Waals surface area contributed by atoms with Gasteiger partial charge < -0.3 is 11.1 Å². The number of likely N-dealkylation sites (tertiary alicyclic amines) is 1. The van der Waals surface area contributed by atoms with Gasteiger partial charge in [0.15, 0.2) is 0 Å². The normalized spacial score (nSPS) is 17.2. The van der Waals surface area contributed by atoms with E-state index in [1.165, 1.54) is 16.9 Å². The number of carbonyl (C=O) groups excluding carboxylic acids is 2. The summed E-state index contributed by atoms with van der Waals surface area (Å²) in [7, 11) is 0. The molecule has 0 saturated carbocycles. The topological polar surface area (TPSA) is 75.4 Å². The van der Waals surface area contributed by atoms with Gasteiger partial charge in [-0.1, -0.05) is 17.7 Å². The van der Waals surface area contributed by atoms with Gasteiger partial charge in [0, 0.05) is 29.6 Å². The molecular formula is C21H27N3O2S. The summed E-state index contributed by atoms with van der Waals surface area (Å²) in [5, 5.41) is 3.08. The van der Waals surface area contributed by atoms with Crippen LogP contribution >= 0.6 is 11.3 Å². The van der Waals surface area contributed by atoms with E-state index in [0.29, 0.717) is 17.8 Å². The molecule has 1 aliphatic heterocycles. The van der Waals surface area contributed by atoms with Crippen LogP contribution < -0.4 is 11.1 Å². The summed E-state index contributed by atoms with van der Waals surface area (Å²) in [6, 6.07) is 8.25. The van der Waals surface area contributed by atoms with Crippen molar-refractivity contribution < 1.29 is 9.59 Å². The molecule has 2 heterocycles. The van der Waals surface area contributed by atoms with E-state index in [9.17, 15) is 9.59 Å². The molecule has 1 fully saturated rings. The van der Waals surface area contributed by atoms with Crippen LogP contribution in [-0.2, 0) is 4.79 Å². The Morgan fingerprint density at radius 2 is 1.93 bits per heavy atom. The van der Waals surface area contributed by atoms with Crippen LogP contribution in [0.3, 0.4) is 0 Å². The highest BCUT2D eigenvalue weighted by atomic mass is 32.1. The van der Waals surface area contributed by atoms with Crippen molar-refractivity contribution in [2.45, 2.75) is 46.1 Å². The third-order valence-electron chi connectivity index (χ3n) is 5.13. The number of amides is 2. The summed E-state index contributed by atoms with van der Waals surface area (Å²) < 4.78 is 0. The van der Waals surface area contributed by atoms with Crippen LogP contribution in [0.2, 0.25) is 0 Å². The number of anilines is 1. The third-order valence-corrected chi connectivity index (χ3v) is 6.33. The molecule has 0 radical (unpaired) electrons. The van der Waals surface area contributed by atoms with Gasteiger partial charge in [-0.3, -0.25) is 14.5 Å². The molecule has 1 aromatic heterocycles. The molecule has 27 heavy (non-hydrogen) atoms. The van der Waals surface area contributed by atoms with Gasteiger partial charge in [0.05, 0.1) is 4.88 Å². The number of nitrogens with one attached hydrogen (secondary N) is 1. The first kappa shape index (κ1) is 19.6. The van der Waals surface area contributed by atoms with Crippen LogP contribution in [0.1, 0.15) is 56.5 Å². The minimum absolute atomic E-state index is 0.0414. The van der Waals surface area contributed by atoms with Crippen LogP contribution in [0, 0.1) is 20.8 Å². The van der Waals surface area contributed by atoms with Crippen molar-refractivity contribution in [2.24, 2.45) is 5.73 Å². The molecule has 5 nitrogen and oxygen atoms in total. The van der Waals surface area contributed by atoms with Crippen molar-refractivity contribution >= 4 is 28.8 Å². The first-order valence-electron chi connectivity index (χ1n) is 9.36. The number of benzene rings is 1. The van der Waals surface area contributed by atoms with Gasteiger partial charge in [-0.2, -0.15) is 0 Å². The third kappa shape index (κ3) is 4.57. The molecule has 144 valence electrons. The Morgan fingerprint density at radius 1 is 1.22 bits per heavy atom. The predicted molar refractivity (Wildman–Crippen MR) is 110 cm³/mol. The lowest BCUT2D eigenvalue weighted by molar-refractivity contribution is -0.116. The summed E-state index contributed by atoms with van der Waals surface area (Å²) >= 11 is 1.47. The van der Waals surface area contributed by atoms with Crippen molar-refractivity contribution in [1.82, 2.24) is 4.90 Å². The second kappa shape index (κ2) is 8.23. The Kier molecular flexibility index (Phi) is 5.97. The van der Waals surface area contributed by atoms with Crippen LogP contribution in [0.5, 0.6) is 0 Å². The molecule has 3 rings (SSSR count). The van der Waals surface area contributed by atoms with E-state index < -0.39 is 0 Å². The highest BCUT2D eigenvalue weighted by Crippen LogP contribution is 2.35. The summed E-state index contributed by atoms with van der Waals surface area (Å²) in [6.45, 7) is 7.81. The largest absolute Gasteiger partial charge is 0.365 e. The average Bonchev–Trinajstić information content (AvgIpc) is 3.24. The van der Waals surface area contributed by atoms with Gasteiger partial charge in [0.2, 0.25) is 5.91 Å². The molecule has 1 aromatic carbocycles. The molecular weight excluding hydrogens is 358 g/mol.